The molecule has 0 bridgehead atoms. The van der Waals surface area contributed by atoms with E-state index in [0.717, 1.165) is 22.6 Å². The fourth-order valence-corrected chi connectivity index (χ4v) is 2.91. The van der Waals surface area contributed by atoms with Gasteiger partial charge >= 0.3 is 5.97 Å². The number of rotatable bonds is 2. The molecule has 102 valence electrons. The molecule has 2 N–H and O–H groups in total. The summed E-state index contributed by atoms with van der Waals surface area (Å²) in [5.41, 5.74) is 0.643. The predicted molar refractivity (Wildman–Crippen MR) is 73.2 cm³/mol. The number of nitrogens with zero attached hydrogens (tertiary/aromatic N) is 4. The third kappa shape index (κ3) is 1.89. The molecule has 3 rings (SSSR count). The van der Waals surface area contributed by atoms with Crippen LogP contribution in [0.4, 0.5) is 0 Å². The van der Waals surface area contributed by atoms with Gasteiger partial charge in [-0.2, -0.15) is 13.8 Å². The Morgan fingerprint density at radius 3 is 2.60 bits per heavy atom. The van der Waals surface area contributed by atoms with E-state index in [1.54, 1.807) is 0 Å². The van der Waals surface area contributed by atoms with Gasteiger partial charge in [0.15, 0.2) is 5.75 Å². The lowest BCUT2D eigenvalue weighted by Gasteiger charge is -2.05. The Labute approximate surface area is 125 Å². The molecule has 0 aliphatic heterocycles. The molecule has 2 aromatic heterocycles. The van der Waals surface area contributed by atoms with E-state index in [9.17, 15) is 9.90 Å². The highest BCUT2D eigenvalue weighted by Crippen LogP contribution is 2.34. The number of fused-ring (bicyclic) bond motifs is 1. The summed E-state index contributed by atoms with van der Waals surface area (Å²) < 4.78 is 9.24. The number of benzene rings is 1. The van der Waals surface area contributed by atoms with E-state index in [4.69, 9.17) is 28.3 Å². The van der Waals surface area contributed by atoms with Crippen LogP contribution < -0.4 is 0 Å². The van der Waals surface area contributed by atoms with Crippen molar-refractivity contribution in [2.24, 2.45) is 0 Å². The zero-order valence-electron chi connectivity index (χ0n) is 9.41. The smallest absolute Gasteiger partial charge is 0.360 e. The lowest BCUT2D eigenvalue weighted by molar-refractivity contribution is 0.0687. The fraction of sp³-hybridized carbons (Fsp3) is 0. The molecule has 0 saturated heterocycles. The van der Waals surface area contributed by atoms with Crippen molar-refractivity contribution in [1.82, 2.24) is 18.5 Å². The third-order valence-electron chi connectivity index (χ3n) is 2.55. The second kappa shape index (κ2) is 4.58. The van der Waals surface area contributed by atoms with E-state index in [2.05, 4.69) is 13.8 Å². The maximum absolute atomic E-state index is 10.9. The molecule has 1 aromatic carbocycles. The van der Waals surface area contributed by atoms with E-state index in [0.29, 0.717) is 21.7 Å². The number of hydrogen-bond donors (Lipinski definition) is 2. The van der Waals surface area contributed by atoms with Crippen molar-refractivity contribution >= 4 is 51.9 Å². The van der Waals surface area contributed by atoms with Crippen molar-refractivity contribution in [2.75, 3.05) is 0 Å². The zero-order valence-corrected chi connectivity index (χ0v) is 11.7. The topological polar surface area (TPSA) is 101 Å². The molecule has 0 spiro atoms. The summed E-state index contributed by atoms with van der Waals surface area (Å²) in [5, 5.41) is 22.8. The molecule has 0 aliphatic carbocycles. The average molecular weight is 331 g/mol. The van der Waals surface area contributed by atoms with Gasteiger partial charge in [-0.1, -0.05) is 23.2 Å². The van der Waals surface area contributed by atoms with E-state index < -0.39 is 17.4 Å². The monoisotopic (exact) mass is 330 g/mol. The number of carbonyl (C=O) groups is 1. The minimum absolute atomic E-state index is 0.217. The second-order valence-electron chi connectivity index (χ2n) is 3.76. The van der Waals surface area contributed by atoms with Crippen LogP contribution in [-0.2, 0) is 0 Å². The van der Waals surface area contributed by atoms with Crippen LogP contribution in [0.5, 0.6) is 5.75 Å². The summed E-state index contributed by atoms with van der Waals surface area (Å²) in [5.74, 6) is -1.82. The first-order valence-electron chi connectivity index (χ1n) is 5.11. The van der Waals surface area contributed by atoms with Gasteiger partial charge in [0.2, 0.25) is 5.69 Å². The molecule has 0 aliphatic rings. The molecule has 3 aromatic rings. The molecule has 0 amide bonds. The van der Waals surface area contributed by atoms with Crippen molar-refractivity contribution in [1.29, 1.82) is 0 Å². The molecule has 0 unspecified atom stereocenters. The third-order valence-corrected chi connectivity index (χ3v) is 3.65. The van der Waals surface area contributed by atoms with Crippen molar-refractivity contribution in [2.45, 2.75) is 0 Å². The molecular weight excluding hydrogens is 327 g/mol. The average Bonchev–Trinajstić information content (AvgIpc) is 2.96. The second-order valence-corrected chi connectivity index (χ2v) is 5.11. The van der Waals surface area contributed by atoms with Crippen LogP contribution in [-0.4, -0.2) is 34.7 Å². The van der Waals surface area contributed by atoms with Crippen LogP contribution in [0.2, 0.25) is 10.0 Å². The number of carboxylic acid groups (broad SMARTS) is 1. The Hall–Kier alpha value is -1.90. The summed E-state index contributed by atoms with van der Waals surface area (Å²) in [6.45, 7) is 0. The number of hydrogen-bond acceptors (Lipinski definition) is 6. The maximum Gasteiger partial charge on any atom is 0.360 e. The Bertz CT molecular complexity index is 845. The Balaban J connectivity index is 2.32. The van der Waals surface area contributed by atoms with Gasteiger partial charge in [0.1, 0.15) is 16.7 Å². The van der Waals surface area contributed by atoms with Crippen molar-refractivity contribution in [3.63, 3.8) is 0 Å². The van der Waals surface area contributed by atoms with Crippen LogP contribution >= 0.6 is 34.9 Å². The van der Waals surface area contributed by atoms with E-state index in [-0.39, 0.29) is 5.02 Å². The van der Waals surface area contributed by atoms with Gasteiger partial charge < -0.3 is 10.2 Å². The largest absolute Gasteiger partial charge is 0.504 e. The van der Waals surface area contributed by atoms with Gasteiger partial charge in [0.25, 0.3) is 0 Å². The van der Waals surface area contributed by atoms with Crippen LogP contribution in [0.3, 0.4) is 0 Å². The van der Waals surface area contributed by atoms with Crippen molar-refractivity contribution < 1.29 is 15.0 Å². The number of halogens is 2. The molecule has 0 fully saturated rings. The summed E-state index contributed by atoms with van der Waals surface area (Å²) in [7, 11) is 0. The fourth-order valence-electron chi connectivity index (χ4n) is 1.71. The molecular formula is C10H4Cl2N4O3S. The first kappa shape index (κ1) is 13.1. The SMILES string of the molecule is O=C(O)c1nn(-c2c(Cl)cc(Cl)c3nsnc23)cc1O. The van der Waals surface area contributed by atoms with Gasteiger partial charge in [-0.05, 0) is 6.07 Å². The summed E-state index contributed by atoms with van der Waals surface area (Å²) in [6.07, 6.45) is 1.14. The van der Waals surface area contributed by atoms with Gasteiger partial charge in [-0.25, -0.2) is 9.48 Å². The minimum Gasteiger partial charge on any atom is -0.504 e. The van der Waals surface area contributed by atoms with Gasteiger partial charge in [-0.3, -0.25) is 0 Å². The molecule has 0 radical (unpaired) electrons. The molecule has 7 nitrogen and oxygen atoms in total. The first-order chi connectivity index (χ1) is 9.49. The van der Waals surface area contributed by atoms with Crippen LogP contribution in [0.15, 0.2) is 12.3 Å². The van der Waals surface area contributed by atoms with Gasteiger partial charge in [0.05, 0.1) is 28.0 Å². The lowest BCUT2D eigenvalue weighted by atomic mass is 10.2. The summed E-state index contributed by atoms with van der Waals surface area (Å²) >= 11 is 13.0. The van der Waals surface area contributed by atoms with E-state index >= 15 is 0 Å². The van der Waals surface area contributed by atoms with Crippen molar-refractivity contribution in [3.8, 4) is 11.4 Å². The lowest BCUT2D eigenvalue weighted by Crippen LogP contribution is -2.02. The highest BCUT2D eigenvalue weighted by Gasteiger charge is 2.21. The summed E-state index contributed by atoms with van der Waals surface area (Å²) in [4.78, 5) is 10.9. The van der Waals surface area contributed by atoms with E-state index in [1.807, 2.05) is 0 Å². The standard InChI is InChI=1S/C10H4Cl2N4O3S/c11-3-1-4(12)9(8-6(3)14-20-15-8)16-2-5(17)7(13-16)10(18)19/h1-2,17H,(H,18,19). The Kier molecular flexibility index (Phi) is 3.00. The molecule has 0 atom stereocenters. The zero-order chi connectivity index (χ0) is 14.4. The maximum atomic E-state index is 10.9. The number of carboxylic acids is 1. The van der Waals surface area contributed by atoms with Crippen LogP contribution in [0.1, 0.15) is 10.5 Å². The van der Waals surface area contributed by atoms with Crippen LogP contribution in [0.25, 0.3) is 16.7 Å². The molecule has 0 saturated carbocycles. The van der Waals surface area contributed by atoms with Gasteiger partial charge in [0, 0.05) is 0 Å². The Morgan fingerprint density at radius 2 is 1.95 bits per heavy atom. The van der Waals surface area contributed by atoms with E-state index in [1.165, 1.54) is 6.07 Å². The quantitative estimate of drug-likeness (QED) is 0.748. The number of aromatic carboxylic acids is 1. The highest BCUT2D eigenvalue weighted by atomic mass is 35.5. The summed E-state index contributed by atoms with van der Waals surface area (Å²) in [6, 6.07) is 1.46. The predicted octanol–water partition coefficient (Wildman–Crippen LogP) is 2.59. The molecule has 20 heavy (non-hydrogen) atoms. The van der Waals surface area contributed by atoms with Gasteiger partial charge in [-0.15, -0.1) is 0 Å². The van der Waals surface area contributed by atoms with Crippen LogP contribution in [0, 0.1) is 0 Å². The molecule has 10 heteroatoms. The normalized spacial score (nSPS) is 11.1. The van der Waals surface area contributed by atoms with Crippen molar-refractivity contribution in [3.05, 3.63) is 28.0 Å². The molecule has 2 heterocycles. The number of aromatic hydroxyl groups is 1. The highest BCUT2D eigenvalue weighted by molar-refractivity contribution is 7.00. The minimum atomic E-state index is -1.35. The Morgan fingerprint density at radius 1 is 1.25 bits per heavy atom. The first-order valence-corrected chi connectivity index (χ1v) is 6.60. The number of aromatic nitrogens is 4.